The maximum Gasteiger partial charge on any atom is 0.417 e. The molecule has 4 aromatic rings. The van der Waals surface area contributed by atoms with E-state index < -0.39 is 46.5 Å². The third kappa shape index (κ3) is 4.72. The van der Waals surface area contributed by atoms with E-state index in [1.807, 2.05) is 6.92 Å². The molecule has 0 unspecified atom stereocenters. The fourth-order valence-corrected chi connectivity index (χ4v) is 3.73. The van der Waals surface area contributed by atoms with Crippen LogP contribution in [0.1, 0.15) is 16.7 Å². The molecule has 2 aromatic carbocycles. The van der Waals surface area contributed by atoms with Gasteiger partial charge >= 0.3 is 17.8 Å². The zero-order chi connectivity index (χ0) is 25.3. The number of fused-ring (bicyclic) bond motifs is 1. The van der Waals surface area contributed by atoms with E-state index in [9.17, 15) is 27.6 Å². The first kappa shape index (κ1) is 23.9. The summed E-state index contributed by atoms with van der Waals surface area (Å²) in [6.45, 7) is 0.829. The van der Waals surface area contributed by atoms with E-state index in [4.69, 9.17) is 0 Å². The van der Waals surface area contributed by atoms with E-state index in [0.29, 0.717) is 15.7 Å². The molecule has 0 bridgehead atoms. The third-order valence-electron chi connectivity index (χ3n) is 5.53. The van der Waals surface area contributed by atoms with Gasteiger partial charge in [-0.05, 0) is 18.6 Å². The van der Waals surface area contributed by atoms with Gasteiger partial charge in [-0.2, -0.15) is 13.2 Å². The van der Waals surface area contributed by atoms with E-state index in [-0.39, 0.29) is 12.2 Å². The highest BCUT2D eigenvalue weighted by Crippen LogP contribution is 2.35. The number of aryl methyl sites for hydroxylation is 1. The van der Waals surface area contributed by atoms with Crippen LogP contribution in [0.5, 0.6) is 0 Å². The fraction of sp³-hybridized carbons (Fsp3) is 0.200. The second kappa shape index (κ2) is 9.21. The molecule has 0 aliphatic rings. The van der Waals surface area contributed by atoms with E-state index >= 15 is 0 Å². The Bertz CT molecular complexity index is 1520. The van der Waals surface area contributed by atoms with Gasteiger partial charge in [0.05, 0.1) is 30.3 Å². The molecule has 10 heteroatoms. The molecule has 0 fully saturated rings. The Kier molecular flexibility index (Phi) is 6.29. The first-order valence-corrected chi connectivity index (χ1v) is 10.5. The number of esters is 1. The normalized spacial score (nSPS) is 11.6. The number of carbonyl (C=O) groups is 1. The Morgan fingerprint density at radius 1 is 1.00 bits per heavy atom. The van der Waals surface area contributed by atoms with Gasteiger partial charge < -0.3 is 4.74 Å². The lowest BCUT2D eigenvalue weighted by Crippen LogP contribution is -2.43. The zero-order valence-corrected chi connectivity index (χ0v) is 18.8. The highest BCUT2D eigenvalue weighted by Gasteiger charge is 2.36. The Hall–Kier alpha value is -4.21. The molecule has 0 saturated heterocycles. The van der Waals surface area contributed by atoms with Crippen LogP contribution < -0.4 is 11.2 Å². The number of hydrogen-bond acceptors (Lipinski definition) is 5. The maximum absolute atomic E-state index is 14.2. The molecule has 180 valence electrons. The molecule has 0 amide bonds. The van der Waals surface area contributed by atoms with Gasteiger partial charge in [-0.25, -0.2) is 14.3 Å². The lowest BCUT2D eigenvalue weighted by molar-refractivity contribution is -0.141. The van der Waals surface area contributed by atoms with Crippen LogP contribution in [-0.4, -0.2) is 27.2 Å². The molecular formula is C25H20F3N3O4. The van der Waals surface area contributed by atoms with E-state index in [1.54, 1.807) is 54.6 Å². The van der Waals surface area contributed by atoms with Crippen molar-refractivity contribution in [1.29, 1.82) is 0 Å². The summed E-state index contributed by atoms with van der Waals surface area (Å²) in [5.41, 5.74) is -2.07. The number of ether oxygens (including phenoxy) is 1. The standard InChI is InChI=1S/C25H20F3N3O4/c1-15-8-10-17(11-9-15)19-12-18(25(26,27)28)21-22(29-19)30(13-16-6-4-3-5-7-16)24(34)31(23(21)33)14-20(32)35-2/h3-12H,13-14H2,1-2H3. The quantitative estimate of drug-likeness (QED) is 0.404. The smallest absolute Gasteiger partial charge is 0.417 e. The minimum atomic E-state index is -4.93. The molecule has 0 N–H and O–H groups in total. The molecule has 7 nitrogen and oxygen atoms in total. The van der Waals surface area contributed by atoms with Crippen LogP contribution in [0.3, 0.4) is 0 Å². The largest absolute Gasteiger partial charge is 0.468 e. The van der Waals surface area contributed by atoms with E-state index in [2.05, 4.69) is 9.72 Å². The summed E-state index contributed by atoms with van der Waals surface area (Å²) in [5, 5.41) is -0.798. The Morgan fingerprint density at radius 2 is 1.66 bits per heavy atom. The number of carbonyl (C=O) groups excluding carboxylic acids is 1. The topological polar surface area (TPSA) is 83.2 Å². The van der Waals surface area contributed by atoms with Crippen LogP contribution in [0.2, 0.25) is 0 Å². The average Bonchev–Trinajstić information content (AvgIpc) is 2.84. The molecule has 0 aliphatic carbocycles. The number of aromatic nitrogens is 3. The molecule has 2 aromatic heterocycles. The molecule has 35 heavy (non-hydrogen) atoms. The number of halogens is 3. The number of nitrogens with zero attached hydrogens (tertiary/aromatic N) is 3. The first-order valence-electron chi connectivity index (χ1n) is 10.5. The SMILES string of the molecule is COC(=O)Cn1c(=O)c2c(C(F)(F)F)cc(-c3ccc(C)cc3)nc2n(Cc2ccccc2)c1=O. The predicted octanol–water partition coefficient (Wildman–Crippen LogP) is 3.77. The minimum absolute atomic E-state index is 0.0452. The van der Waals surface area contributed by atoms with Crippen LogP contribution in [0.4, 0.5) is 13.2 Å². The lowest BCUT2D eigenvalue weighted by Gasteiger charge is -2.18. The van der Waals surface area contributed by atoms with Crippen molar-refractivity contribution in [3.8, 4) is 11.3 Å². The van der Waals surface area contributed by atoms with Gasteiger partial charge in [0.25, 0.3) is 5.56 Å². The summed E-state index contributed by atoms with van der Waals surface area (Å²) in [6.07, 6.45) is -4.93. The monoisotopic (exact) mass is 483 g/mol. The number of benzene rings is 2. The van der Waals surface area contributed by atoms with Crippen molar-refractivity contribution in [3.05, 3.63) is 98.2 Å². The first-order chi connectivity index (χ1) is 16.6. The van der Waals surface area contributed by atoms with Gasteiger partial charge in [0.2, 0.25) is 0 Å². The Labute approximate surface area is 197 Å². The predicted molar refractivity (Wildman–Crippen MR) is 123 cm³/mol. The Balaban J connectivity index is 2.13. The number of pyridine rings is 1. The molecule has 0 aliphatic heterocycles. The summed E-state index contributed by atoms with van der Waals surface area (Å²) < 4.78 is 48.6. The van der Waals surface area contributed by atoms with E-state index in [0.717, 1.165) is 23.3 Å². The van der Waals surface area contributed by atoms with Crippen LogP contribution in [0.15, 0.2) is 70.3 Å². The number of methoxy groups -OCH3 is 1. The van der Waals surface area contributed by atoms with Crippen molar-refractivity contribution in [3.63, 3.8) is 0 Å². The molecule has 0 atom stereocenters. The molecule has 0 spiro atoms. The summed E-state index contributed by atoms with van der Waals surface area (Å²) in [5.74, 6) is -0.951. The molecule has 0 radical (unpaired) electrons. The van der Waals surface area contributed by atoms with Gasteiger partial charge in [-0.1, -0.05) is 60.2 Å². The molecule has 0 saturated carbocycles. The highest BCUT2D eigenvalue weighted by molar-refractivity contribution is 5.83. The van der Waals surface area contributed by atoms with Gasteiger partial charge in [0.15, 0.2) is 5.65 Å². The lowest BCUT2D eigenvalue weighted by atomic mass is 10.0. The van der Waals surface area contributed by atoms with Crippen molar-refractivity contribution >= 4 is 17.0 Å². The number of alkyl halides is 3. The maximum atomic E-state index is 14.2. The summed E-state index contributed by atoms with van der Waals surface area (Å²) in [6, 6.07) is 16.0. The zero-order valence-electron chi connectivity index (χ0n) is 18.8. The van der Waals surface area contributed by atoms with Crippen LogP contribution in [0, 0.1) is 6.92 Å². The van der Waals surface area contributed by atoms with Crippen molar-refractivity contribution in [2.24, 2.45) is 0 Å². The van der Waals surface area contributed by atoms with E-state index in [1.165, 1.54) is 0 Å². The van der Waals surface area contributed by atoms with Gasteiger partial charge in [0.1, 0.15) is 6.54 Å². The number of hydrogen-bond donors (Lipinski definition) is 0. The Morgan fingerprint density at radius 3 is 2.26 bits per heavy atom. The summed E-state index contributed by atoms with van der Waals surface area (Å²) >= 11 is 0. The molecular weight excluding hydrogens is 463 g/mol. The van der Waals surface area contributed by atoms with Gasteiger partial charge in [-0.15, -0.1) is 0 Å². The van der Waals surface area contributed by atoms with Crippen molar-refractivity contribution in [2.45, 2.75) is 26.2 Å². The second-order valence-electron chi connectivity index (χ2n) is 7.94. The van der Waals surface area contributed by atoms with Gasteiger partial charge in [0, 0.05) is 5.56 Å². The average molecular weight is 483 g/mol. The third-order valence-corrected chi connectivity index (χ3v) is 5.53. The summed E-state index contributed by atoms with van der Waals surface area (Å²) in [4.78, 5) is 42.7. The second-order valence-corrected chi connectivity index (χ2v) is 7.94. The van der Waals surface area contributed by atoms with Crippen LogP contribution in [-0.2, 0) is 28.8 Å². The molecule has 2 heterocycles. The molecule has 4 rings (SSSR count). The minimum Gasteiger partial charge on any atom is -0.468 e. The van der Waals surface area contributed by atoms with Crippen molar-refractivity contribution in [2.75, 3.05) is 7.11 Å². The van der Waals surface area contributed by atoms with Gasteiger partial charge in [-0.3, -0.25) is 14.2 Å². The highest BCUT2D eigenvalue weighted by atomic mass is 19.4. The van der Waals surface area contributed by atoms with Crippen LogP contribution in [0.25, 0.3) is 22.3 Å². The number of rotatable bonds is 5. The fourth-order valence-electron chi connectivity index (χ4n) is 3.73. The summed E-state index contributed by atoms with van der Waals surface area (Å²) in [7, 11) is 1.05. The van der Waals surface area contributed by atoms with Crippen molar-refractivity contribution in [1.82, 2.24) is 14.1 Å². The van der Waals surface area contributed by atoms with Crippen molar-refractivity contribution < 1.29 is 22.7 Å². The van der Waals surface area contributed by atoms with Crippen LogP contribution >= 0.6 is 0 Å².